The quantitative estimate of drug-likeness (QED) is 0.425. The van der Waals surface area contributed by atoms with E-state index in [1.807, 2.05) is 6.92 Å². The predicted molar refractivity (Wildman–Crippen MR) is 66.2 cm³/mol. The molecular weight excluding hydrogens is 333 g/mol. The van der Waals surface area contributed by atoms with Crippen LogP contribution in [0.1, 0.15) is 20.3 Å². The second kappa shape index (κ2) is 12.5. The van der Waals surface area contributed by atoms with E-state index >= 15 is 0 Å². The van der Waals surface area contributed by atoms with Crippen molar-refractivity contribution in [2.45, 2.75) is 25.5 Å². The Morgan fingerprint density at radius 3 is 1.89 bits per heavy atom. The molecule has 0 aromatic rings. The number of sulfonamides is 1. The van der Waals surface area contributed by atoms with E-state index in [1.165, 1.54) is 12.4 Å². The van der Waals surface area contributed by atoms with Gasteiger partial charge in [0.2, 0.25) is 10.0 Å². The van der Waals surface area contributed by atoms with Crippen molar-refractivity contribution in [2.24, 2.45) is 0 Å². The van der Waals surface area contributed by atoms with Crippen LogP contribution in [-0.2, 0) is 47.5 Å². The molecule has 1 atom stereocenters. The molecule has 0 aliphatic heterocycles. The fourth-order valence-electron chi connectivity index (χ4n) is 0.816. The van der Waals surface area contributed by atoms with Crippen molar-refractivity contribution >= 4 is 15.9 Å². The number of hydrogen-bond acceptors (Lipinski definition) is 4. The van der Waals surface area contributed by atoms with Gasteiger partial charge in [0, 0.05) is 0 Å². The van der Waals surface area contributed by atoms with Crippen LogP contribution in [-0.4, -0.2) is 42.2 Å². The summed E-state index contributed by atoms with van der Waals surface area (Å²) in [5.41, 5.74) is 1.29. The zero-order chi connectivity index (χ0) is 14.1. The average molecular weight is 354 g/mol. The number of hydroxylamine groups is 1. The maximum absolute atomic E-state index is 11.6. The molecule has 0 aromatic carbocycles. The normalized spacial score (nSPS) is 11.9. The third-order valence-electron chi connectivity index (χ3n) is 1.78. The van der Waals surface area contributed by atoms with E-state index in [-0.39, 0.29) is 45.8 Å². The Kier molecular flexibility index (Phi) is 16.3. The minimum Gasteiger partial charge on any atom is -0.344 e. The monoisotopic (exact) mass is 354 g/mol. The third-order valence-corrected chi connectivity index (χ3v) is 3.98. The van der Waals surface area contributed by atoms with Crippen LogP contribution < -0.4 is 5.48 Å². The van der Waals surface area contributed by atoms with E-state index in [0.29, 0.717) is 0 Å². The van der Waals surface area contributed by atoms with Gasteiger partial charge in [0.25, 0.3) is 5.91 Å². The zero-order valence-corrected chi connectivity index (χ0v) is 14.6. The molecule has 0 aliphatic rings. The van der Waals surface area contributed by atoms with Gasteiger partial charge in [-0.3, -0.25) is 14.3 Å². The first-order valence-corrected chi connectivity index (χ1v) is 6.64. The van der Waals surface area contributed by atoms with Gasteiger partial charge in [-0.25, -0.2) is 13.9 Å². The second-order valence-corrected chi connectivity index (χ2v) is 5.32. The van der Waals surface area contributed by atoms with Crippen molar-refractivity contribution in [3.05, 3.63) is 20.8 Å². The number of nitrogens with one attached hydrogen (secondary N) is 1. The molecule has 0 radical (unpaired) electrons. The molecule has 0 spiro atoms. The van der Waals surface area contributed by atoms with Crippen LogP contribution in [0, 0.1) is 20.8 Å². The van der Waals surface area contributed by atoms with Crippen LogP contribution in [0.2, 0.25) is 0 Å². The molecule has 2 N–H and O–H groups in total. The maximum atomic E-state index is 11.6. The molecule has 104 valence electrons. The zero-order valence-electron chi connectivity index (χ0n) is 10.9. The molecular formula is C10H21N2O4SY. The summed E-state index contributed by atoms with van der Waals surface area (Å²) in [5, 5.41) is 6.93. The predicted octanol–water partition coefficient (Wildman–Crippen LogP) is 0.408. The van der Waals surface area contributed by atoms with Crippen LogP contribution in [0.5, 0.6) is 0 Å². The van der Waals surface area contributed by atoms with Crippen molar-refractivity contribution in [2.75, 3.05) is 13.1 Å². The molecule has 1 unspecified atom stereocenters. The third kappa shape index (κ3) is 7.79. The Bertz CT molecular complexity index is 305. The summed E-state index contributed by atoms with van der Waals surface area (Å²) >= 11 is 0. The molecule has 0 heterocycles. The SMILES string of the molecule is [CH2-]CC.[CH2-]CN(C[CH2-])S(=O)(=O)C(C)C(=O)NO.[Y+3]. The summed E-state index contributed by atoms with van der Waals surface area (Å²) in [5.74, 6) is -0.975. The molecule has 0 fully saturated rings. The Morgan fingerprint density at radius 2 is 1.67 bits per heavy atom. The van der Waals surface area contributed by atoms with Gasteiger partial charge in [-0.05, 0) is 6.92 Å². The molecule has 0 aliphatic carbocycles. The standard InChI is InChI=1S/C7H14N2O4S.C3H7.Y/c1-4-9(5-2)14(12,13)6(3)7(10)8-11;1-3-2;/h6,11H,1-2,4-5H2,3H3,(H,8,10);1,3H2,2H3;/q-2;-1;+3. The minimum absolute atomic E-state index is 0. The summed E-state index contributed by atoms with van der Waals surface area (Å²) in [6.45, 7) is 13.5. The van der Waals surface area contributed by atoms with Gasteiger partial charge >= 0.3 is 32.7 Å². The Labute approximate surface area is 135 Å². The number of nitrogens with zero attached hydrogens (tertiary/aromatic N) is 1. The van der Waals surface area contributed by atoms with Crippen molar-refractivity contribution in [3.8, 4) is 0 Å². The second-order valence-electron chi connectivity index (χ2n) is 3.06. The van der Waals surface area contributed by atoms with Crippen molar-refractivity contribution in [1.82, 2.24) is 9.79 Å². The molecule has 8 heteroatoms. The molecule has 0 saturated heterocycles. The molecule has 6 nitrogen and oxygen atoms in total. The first kappa shape index (κ1) is 23.5. The van der Waals surface area contributed by atoms with Gasteiger partial charge in [0.05, 0.1) is 0 Å². The van der Waals surface area contributed by atoms with Crippen molar-refractivity contribution in [3.63, 3.8) is 0 Å². The molecule has 1 amide bonds. The molecule has 0 saturated carbocycles. The number of hydrogen-bond donors (Lipinski definition) is 2. The van der Waals surface area contributed by atoms with Crippen LogP contribution in [0.25, 0.3) is 0 Å². The van der Waals surface area contributed by atoms with Crippen molar-refractivity contribution in [1.29, 1.82) is 0 Å². The van der Waals surface area contributed by atoms with Crippen molar-refractivity contribution < 1.29 is 51.1 Å². The summed E-state index contributed by atoms with van der Waals surface area (Å²) in [7, 11) is -3.78. The first-order valence-electron chi connectivity index (χ1n) is 5.13. The Balaban J connectivity index is -0.000000507. The molecule has 18 heavy (non-hydrogen) atoms. The van der Waals surface area contributed by atoms with Gasteiger partial charge in [-0.2, -0.15) is 6.42 Å². The minimum atomic E-state index is -3.78. The van der Waals surface area contributed by atoms with E-state index in [4.69, 9.17) is 5.21 Å². The number of amides is 1. The fraction of sp³-hybridized carbons (Fsp3) is 0.600. The molecule has 0 aromatic heterocycles. The van der Waals surface area contributed by atoms with Crippen LogP contribution in [0.15, 0.2) is 0 Å². The number of carbonyl (C=O) groups is 1. The average Bonchev–Trinajstić information content (AvgIpc) is 2.29. The topological polar surface area (TPSA) is 86.7 Å². The van der Waals surface area contributed by atoms with Crippen LogP contribution in [0.4, 0.5) is 0 Å². The van der Waals surface area contributed by atoms with E-state index < -0.39 is 21.2 Å². The fourth-order valence-corrected chi connectivity index (χ4v) is 2.10. The Hall–Kier alpha value is 0.444. The maximum Gasteiger partial charge on any atom is 3.00 e. The summed E-state index contributed by atoms with van der Waals surface area (Å²) in [4.78, 5) is 10.9. The van der Waals surface area contributed by atoms with Gasteiger partial charge in [0.1, 0.15) is 0 Å². The molecule has 0 rings (SSSR count). The van der Waals surface area contributed by atoms with E-state index in [9.17, 15) is 13.2 Å². The van der Waals surface area contributed by atoms with E-state index in [0.717, 1.165) is 10.7 Å². The summed E-state index contributed by atoms with van der Waals surface area (Å²) in [6.07, 6.45) is 1.00. The van der Waals surface area contributed by atoms with Gasteiger partial charge in [-0.1, -0.05) is 6.92 Å². The van der Waals surface area contributed by atoms with Crippen LogP contribution in [0.3, 0.4) is 0 Å². The van der Waals surface area contributed by atoms with Gasteiger partial charge in [-0.15, -0.1) is 13.1 Å². The summed E-state index contributed by atoms with van der Waals surface area (Å²) < 4.78 is 24.1. The first-order chi connectivity index (χ1) is 7.83. The van der Waals surface area contributed by atoms with Gasteiger partial charge < -0.3 is 20.8 Å². The van der Waals surface area contributed by atoms with E-state index in [1.54, 1.807) is 0 Å². The largest absolute Gasteiger partial charge is 3.00 e. The number of carbonyl (C=O) groups excluding carboxylic acids is 1. The molecule has 0 bridgehead atoms. The Morgan fingerprint density at radius 1 is 1.33 bits per heavy atom. The smallest absolute Gasteiger partial charge is 0.344 e. The summed E-state index contributed by atoms with van der Waals surface area (Å²) in [6, 6.07) is 0. The van der Waals surface area contributed by atoms with Gasteiger partial charge in [0.15, 0.2) is 5.25 Å². The number of rotatable bonds is 5. The van der Waals surface area contributed by atoms with E-state index in [2.05, 4.69) is 20.8 Å². The van der Waals surface area contributed by atoms with Crippen LogP contribution >= 0.6 is 0 Å².